The molecule has 4 nitrogen and oxygen atoms in total. The van der Waals surface area contributed by atoms with Gasteiger partial charge in [0.05, 0.1) is 20.6 Å². The molecule has 18 heavy (non-hydrogen) atoms. The van der Waals surface area contributed by atoms with Gasteiger partial charge in [-0.15, -0.1) is 11.3 Å². The van der Waals surface area contributed by atoms with Crippen LogP contribution >= 0.6 is 27.3 Å². The van der Waals surface area contributed by atoms with Crippen molar-refractivity contribution in [1.29, 1.82) is 0 Å². The maximum Gasteiger partial charge on any atom is 0.153 e. The Morgan fingerprint density at radius 2 is 2.17 bits per heavy atom. The number of hydrogen-bond acceptors (Lipinski definition) is 4. The molecule has 6 heteroatoms. The van der Waals surface area contributed by atoms with Crippen LogP contribution in [0.2, 0.25) is 0 Å². The van der Waals surface area contributed by atoms with E-state index in [2.05, 4.69) is 32.1 Å². The SMILES string of the molecule is NCCc1cnc2ccc(-c3ccc(Br)s3)nn12. The zero-order valence-electron chi connectivity index (χ0n) is 9.51. The van der Waals surface area contributed by atoms with E-state index in [9.17, 15) is 0 Å². The van der Waals surface area contributed by atoms with Crippen LogP contribution in [0.5, 0.6) is 0 Å². The van der Waals surface area contributed by atoms with Crippen LogP contribution in [0.3, 0.4) is 0 Å². The van der Waals surface area contributed by atoms with Crippen LogP contribution in [0.15, 0.2) is 34.2 Å². The highest BCUT2D eigenvalue weighted by Crippen LogP contribution is 2.30. The fourth-order valence-electron chi connectivity index (χ4n) is 1.82. The monoisotopic (exact) mass is 322 g/mol. The Morgan fingerprint density at radius 1 is 1.28 bits per heavy atom. The molecule has 0 aliphatic heterocycles. The van der Waals surface area contributed by atoms with E-state index in [0.717, 1.165) is 32.1 Å². The number of thiophene rings is 1. The number of hydrogen-bond donors (Lipinski definition) is 1. The van der Waals surface area contributed by atoms with Crippen molar-refractivity contribution in [2.45, 2.75) is 6.42 Å². The van der Waals surface area contributed by atoms with Gasteiger partial charge in [0.15, 0.2) is 5.65 Å². The summed E-state index contributed by atoms with van der Waals surface area (Å²) in [5, 5.41) is 4.63. The lowest BCUT2D eigenvalue weighted by Gasteiger charge is -2.01. The van der Waals surface area contributed by atoms with E-state index in [0.29, 0.717) is 6.54 Å². The van der Waals surface area contributed by atoms with Gasteiger partial charge in [-0.1, -0.05) is 0 Å². The van der Waals surface area contributed by atoms with Gasteiger partial charge in [-0.05, 0) is 46.7 Å². The van der Waals surface area contributed by atoms with Crippen molar-refractivity contribution in [2.24, 2.45) is 5.73 Å². The lowest BCUT2D eigenvalue weighted by atomic mass is 10.3. The second kappa shape index (κ2) is 4.79. The molecule has 0 radical (unpaired) electrons. The summed E-state index contributed by atoms with van der Waals surface area (Å²) in [5.41, 5.74) is 8.45. The summed E-state index contributed by atoms with van der Waals surface area (Å²) in [6.45, 7) is 0.601. The molecule has 3 heterocycles. The minimum absolute atomic E-state index is 0.601. The number of halogens is 1. The van der Waals surface area contributed by atoms with Crippen LogP contribution in [0, 0.1) is 0 Å². The molecule has 0 amide bonds. The summed E-state index contributed by atoms with van der Waals surface area (Å²) in [6.07, 6.45) is 2.62. The fourth-order valence-corrected chi connectivity index (χ4v) is 3.17. The molecule has 0 atom stereocenters. The highest BCUT2D eigenvalue weighted by Gasteiger charge is 2.07. The van der Waals surface area contributed by atoms with Gasteiger partial charge in [-0.3, -0.25) is 0 Å². The first kappa shape index (κ1) is 11.8. The molecule has 3 rings (SSSR count). The Labute approximate surface area is 117 Å². The summed E-state index contributed by atoms with van der Waals surface area (Å²) >= 11 is 5.13. The van der Waals surface area contributed by atoms with Gasteiger partial charge in [-0.2, -0.15) is 5.10 Å². The summed E-state index contributed by atoms with van der Waals surface area (Å²) in [4.78, 5) is 5.45. The Kier molecular flexibility index (Phi) is 3.15. The fraction of sp³-hybridized carbons (Fsp3) is 0.167. The van der Waals surface area contributed by atoms with Gasteiger partial charge < -0.3 is 5.73 Å². The van der Waals surface area contributed by atoms with E-state index in [1.807, 2.05) is 28.9 Å². The van der Waals surface area contributed by atoms with Gasteiger partial charge in [0.25, 0.3) is 0 Å². The molecule has 0 aliphatic rings. The van der Waals surface area contributed by atoms with E-state index >= 15 is 0 Å². The van der Waals surface area contributed by atoms with Crippen molar-refractivity contribution in [1.82, 2.24) is 14.6 Å². The zero-order chi connectivity index (χ0) is 12.5. The molecule has 2 N–H and O–H groups in total. The van der Waals surface area contributed by atoms with E-state index in [1.165, 1.54) is 0 Å². The molecule has 92 valence electrons. The Balaban J connectivity index is 2.11. The molecule has 0 aliphatic carbocycles. The van der Waals surface area contributed by atoms with Gasteiger partial charge in [0.1, 0.15) is 5.69 Å². The third kappa shape index (κ3) is 2.07. The van der Waals surface area contributed by atoms with Crippen molar-refractivity contribution >= 4 is 32.9 Å². The molecule has 0 fully saturated rings. The van der Waals surface area contributed by atoms with Crippen molar-refractivity contribution in [3.8, 4) is 10.6 Å². The number of fused-ring (bicyclic) bond motifs is 1. The molecule has 0 spiro atoms. The van der Waals surface area contributed by atoms with E-state index in [-0.39, 0.29) is 0 Å². The molecular formula is C12H11BrN4S. The average molecular weight is 323 g/mol. The Bertz CT molecular complexity index is 688. The van der Waals surface area contributed by atoms with Crippen LogP contribution < -0.4 is 5.73 Å². The molecular weight excluding hydrogens is 312 g/mol. The van der Waals surface area contributed by atoms with E-state index in [1.54, 1.807) is 11.3 Å². The lowest BCUT2D eigenvalue weighted by Crippen LogP contribution is -2.06. The topological polar surface area (TPSA) is 56.2 Å². The van der Waals surface area contributed by atoms with E-state index < -0.39 is 0 Å². The van der Waals surface area contributed by atoms with Crippen molar-refractivity contribution < 1.29 is 0 Å². The average Bonchev–Trinajstić information content (AvgIpc) is 2.96. The number of imidazole rings is 1. The van der Waals surface area contributed by atoms with Gasteiger partial charge >= 0.3 is 0 Å². The number of nitrogens with two attached hydrogens (primary N) is 1. The van der Waals surface area contributed by atoms with Crippen molar-refractivity contribution in [2.75, 3.05) is 6.54 Å². The predicted octanol–water partition coefficient (Wildman–Crippen LogP) is 2.72. The second-order valence-electron chi connectivity index (χ2n) is 3.88. The van der Waals surface area contributed by atoms with Crippen LogP contribution in [0.1, 0.15) is 5.69 Å². The lowest BCUT2D eigenvalue weighted by molar-refractivity contribution is 0.830. The van der Waals surface area contributed by atoms with Crippen LogP contribution in [0.4, 0.5) is 0 Å². The third-order valence-corrected chi connectivity index (χ3v) is 4.31. The molecule has 0 saturated carbocycles. The van der Waals surface area contributed by atoms with Crippen LogP contribution in [-0.2, 0) is 6.42 Å². The largest absolute Gasteiger partial charge is 0.330 e. The molecule has 0 unspecified atom stereocenters. The summed E-state index contributed by atoms with van der Waals surface area (Å²) in [7, 11) is 0. The minimum Gasteiger partial charge on any atom is -0.330 e. The molecule has 3 aromatic rings. The first-order chi connectivity index (χ1) is 8.78. The Morgan fingerprint density at radius 3 is 2.89 bits per heavy atom. The van der Waals surface area contributed by atoms with Crippen molar-refractivity contribution in [3.05, 3.63) is 39.9 Å². The van der Waals surface area contributed by atoms with Crippen LogP contribution in [0.25, 0.3) is 16.2 Å². The van der Waals surface area contributed by atoms with Gasteiger partial charge in [-0.25, -0.2) is 9.50 Å². The van der Waals surface area contributed by atoms with Crippen LogP contribution in [-0.4, -0.2) is 21.1 Å². The quantitative estimate of drug-likeness (QED) is 0.806. The number of nitrogens with zero attached hydrogens (tertiary/aromatic N) is 3. The predicted molar refractivity (Wildman–Crippen MR) is 76.8 cm³/mol. The smallest absolute Gasteiger partial charge is 0.153 e. The maximum atomic E-state index is 5.59. The molecule has 0 bridgehead atoms. The van der Waals surface area contributed by atoms with Gasteiger partial charge in [0.2, 0.25) is 0 Å². The summed E-state index contributed by atoms with van der Waals surface area (Å²) in [6, 6.07) is 8.06. The second-order valence-corrected chi connectivity index (χ2v) is 6.34. The van der Waals surface area contributed by atoms with Crippen molar-refractivity contribution in [3.63, 3.8) is 0 Å². The van der Waals surface area contributed by atoms with Gasteiger partial charge in [0, 0.05) is 6.42 Å². The summed E-state index contributed by atoms with van der Waals surface area (Å²) < 4.78 is 2.97. The normalized spacial score (nSPS) is 11.2. The van der Waals surface area contributed by atoms with E-state index in [4.69, 9.17) is 5.73 Å². The standard InChI is InChI=1S/C12H11BrN4S/c13-11-3-2-10(18-11)9-1-4-12-15-7-8(5-6-14)17(12)16-9/h1-4,7H,5-6,14H2. The summed E-state index contributed by atoms with van der Waals surface area (Å²) in [5.74, 6) is 0. The highest BCUT2D eigenvalue weighted by atomic mass is 79.9. The zero-order valence-corrected chi connectivity index (χ0v) is 11.9. The Hall–Kier alpha value is -1.24. The molecule has 0 saturated heterocycles. The highest BCUT2D eigenvalue weighted by molar-refractivity contribution is 9.11. The maximum absolute atomic E-state index is 5.59. The third-order valence-electron chi connectivity index (χ3n) is 2.66. The number of rotatable bonds is 3. The molecule has 3 aromatic heterocycles. The minimum atomic E-state index is 0.601. The first-order valence-electron chi connectivity index (χ1n) is 5.57. The first-order valence-corrected chi connectivity index (χ1v) is 7.18. The molecule has 0 aromatic carbocycles. The number of aromatic nitrogens is 3.